The summed E-state index contributed by atoms with van der Waals surface area (Å²) in [7, 11) is 0. The molecule has 2 heterocycles. The standard InChI is InChI=1S/C28H37N3O7/c1-18(2)36-22-9-6-5-8-21(22)30-16-14-29(15-17-30)12-7-13-31-27(34)25-23(37-19(3)32)10-11-24(38-20(4)33)26(25)28(31)35/h5-6,8-11,18,23-26H,7,12-17H2,1-4H3. The summed E-state index contributed by atoms with van der Waals surface area (Å²) in [5, 5.41) is 0. The summed E-state index contributed by atoms with van der Waals surface area (Å²) in [6.07, 6.45) is 2.07. The molecule has 1 aromatic rings. The van der Waals surface area contributed by atoms with Gasteiger partial charge >= 0.3 is 11.9 Å². The Hall–Kier alpha value is -3.40. The fourth-order valence-electron chi connectivity index (χ4n) is 5.49. The second kappa shape index (κ2) is 12.0. The number of imide groups is 1. The Balaban J connectivity index is 1.33. The number of esters is 2. The van der Waals surface area contributed by atoms with Crippen LogP contribution in [-0.4, -0.2) is 91.1 Å². The molecule has 2 aliphatic heterocycles. The average Bonchev–Trinajstić information content (AvgIpc) is 3.11. The largest absolute Gasteiger partial charge is 0.489 e. The van der Waals surface area contributed by atoms with Crippen LogP contribution in [0.15, 0.2) is 36.4 Å². The van der Waals surface area contributed by atoms with E-state index in [0.717, 1.165) is 44.2 Å². The summed E-state index contributed by atoms with van der Waals surface area (Å²) in [5.74, 6) is -2.76. The van der Waals surface area contributed by atoms with Crippen molar-refractivity contribution in [3.8, 4) is 5.75 Å². The Morgan fingerprint density at radius 2 is 1.42 bits per heavy atom. The van der Waals surface area contributed by atoms with Crippen LogP contribution in [0.25, 0.3) is 0 Å². The Morgan fingerprint density at radius 1 is 0.868 bits per heavy atom. The van der Waals surface area contributed by atoms with E-state index in [0.29, 0.717) is 6.42 Å². The van der Waals surface area contributed by atoms with Crippen molar-refractivity contribution in [1.82, 2.24) is 9.80 Å². The number of ether oxygens (including phenoxy) is 3. The molecule has 1 aliphatic carbocycles. The summed E-state index contributed by atoms with van der Waals surface area (Å²) < 4.78 is 16.6. The molecule has 0 radical (unpaired) electrons. The second-order valence-corrected chi connectivity index (χ2v) is 10.2. The van der Waals surface area contributed by atoms with E-state index in [1.807, 2.05) is 32.0 Å². The maximum absolute atomic E-state index is 13.3. The van der Waals surface area contributed by atoms with Crippen molar-refractivity contribution in [2.75, 3.05) is 44.2 Å². The fourth-order valence-corrected chi connectivity index (χ4v) is 5.49. The van der Waals surface area contributed by atoms with E-state index in [1.54, 1.807) is 0 Å². The number of benzene rings is 1. The zero-order valence-electron chi connectivity index (χ0n) is 22.5. The lowest BCUT2D eigenvalue weighted by atomic mass is 9.81. The number of piperazine rings is 1. The summed E-state index contributed by atoms with van der Waals surface area (Å²) in [5.41, 5.74) is 1.09. The molecule has 10 nitrogen and oxygen atoms in total. The first-order valence-corrected chi connectivity index (χ1v) is 13.3. The molecule has 0 aromatic heterocycles. The molecule has 3 aliphatic rings. The molecule has 2 fully saturated rings. The molecule has 4 atom stereocenters. The molecule has 38 heavy (non-hydrogen) atoms. The molecular formula is C28H37N3O7. The van der Waals surface area contributed by atoms with E-state index in [9.17, 15) is 19.2 Å². The average molecular weight is 528 g/mol. The molecule has 1 aromatic carbocycles. The Kier molecular flexibility index (Phi) is 8.71. The Morgan fingerprint density at radius 3 is 1.95 bits per heavy atom. The molecule has 0 spiro atoms. The molecule has 0 N–H and O–H groups in total. The fraction of sp³-hybridized carbons (Fsp3) is 0.571. The minimum Gasteiger partial charge on any atom is -0.489 e. The molecule has 0 bridgehead atoms. The second-order valence-electron chi connectivity index (χ2n) is 10.2. The zero-order valence-corrected chi connectivity index (χ0v) is 22.5. The van der Waals surface area contributed by atoms with Gasteiger partial charge in [0.25, 0.3) is 0 Å². The van der Waals surface area contributed by atoms with Gasteiger partial charge in [-0.3, -0.25) is 29.0 Å². The monoisotopic (exact) mass is 527 g/mol. The van der Waals surface area contributed by atoms with Crippen molar-refractivity contribution in [3.63, 3.8) is 0 Å². The molecular weight excluding hydrogens is 490 g/mol. The summed E-state index contributed by atoms with van der Waals surface area (Å²) in [4.78, 5) is 55.6. The van der Waals surface area contributed by atoms with Gasteiger partial charge in [-0.05, 0) is 51.1 Å². The van der Waals surface area contributed by atoms with Crippen LogP contribution in [0.1, 0.15) is 34.1 Å². The highest BCUT2D eigenvalue weighted by Crippen LogP contribution is 2.38. The lowest BCUT2D eigenvalue weighted by Crippen LogP contribution is -2.47. The van der Waals surface area contributed by atoms with E-state index in [4.69, 9.17) is 14.2 Å². The third-order valence-electron chi connectivity index (χ3n) is 7.09. The minimum absolute atomic E-state index is 0.0988. The Bertz CT molecular complexity index is 1040. The highest BCUT2D eigenvalue weighted by Gasteiger charge is 2.56. The van der Waals surface area contributed by atoms with E-state index >= 15 is 0 Å². The van der Waals surface area contributed by atoms with Gasteiger partial charge < -0.3 is 19.1 Å². The van der Waals surface area contributed by atoms with Crippen LogP contribution in [0.3, 0.4) is 0 Å². The lowest BCUT2D eigenvalue weighted by Gasteiger charge is -2.37. The van der Waals surface area contributed by atoms with Gasteiger partial charge in [0.1, 0.15) is 18.0 Å². The van der Waals surface area contributed by atoms with Crippen LogP contribution in [-0.2, 0) is 28.7 Å². The molecule has 0 saturated carbocycles. The van der Waals surface area contributed by atoms with Gasteiger partial charge in [-0.1, -0.05) is 12.1 Å². The van der Waals surface area contributed by atoms with Crippen molar-refractivity contribution in [2.24, 2.45) is 11.8 Å². The molecule has 2 saturated heterocycles. The van der Waals surface area contributed by atoms with Gasteiger partial charge in [0.15, 0.2) is 0 Å². The Labute approximate surface area is 223 Å². The number of anilines is 1. The third kappa shape index (κ3) is 6.18. The van der Waals surface area contributed by atoms with E-state index in [1.165, 1.54) is 30.9 Å². The smallest absolute Gasteiger partial charge is 0.303 e. The highest BCUT2D eigenvalue weighted by molar-refractivity contribution is 6.06. The van der Waals surface area contributed by atoms with Crippen molar-refractivity contribution in [2.45, 2.75) is 52.4 Å². The predicted molar refractivity (Wildman–Crippen MR) is 139 cm³/mol. The summed E-state index contributed by atoms with van der Waals surface area (Å²) >= 11 is 0. The predicted octanol–water partition coefficient (Wildman–Crippen LogP) is 2.02. The summed E-state index contributed by atoms with van der Waals surface area (Å²) in [6.45, 7) is 11.0. The lowest BCUT2D eigenvalue weighted by molar-refractivity contribution is -0.157. The number of para-hydroxylation sites is 2. The molecule has 10 heteroatoms. The third-order valence-corrected chi connectivity index (χ3v) is 7.09. The number of fused-ring (bicyclic) bond motifs is 1. The van der Waals surface area contributed by atoms with Crippen molar-refractivity contribution < 1.29 is 33.4 Å². The minimum atomic E-state index is -0.891. The first-order chi connectivity index (χ1) is 18.2. The van der Waals surface area contributed by atoms with Crippen LogP contribution in [0.2, 0.25) is 0 Å². The topological polar surface area (TPSA) is 106 Å². The van der Waals surface area contributed by atoms with Gasteiger partial charge in [-0.2, -0.15) is 0 Å². The van der Waals surface area contributed by atoms with Crippen LogP contribution in [0.5, 0.6) is 5.75 Å². The molecule has 2 amide bonds. The van der Waals surface area contributed by atoms with Gasteiger partial charge in [-0.25, -0.2) is 0 Å². The van der Waals surface area contributed by atoms with Gasteiger partial charge in [0.05, 0.1) is 23.6 Å². The van der Waals surface area contributed by atoms with E-state index in [-0.39, 0.29) is 24.5 Å². The quantitative estimate of drug-likeness (QED) is 0.271. The van der Waals surface area contributed by atoms with Crippen LogP contribution < -0.4 is 9.64 Å². The van der Waals surface area contributed by atoms with E-state index in [2.05, 4.69) is 15.9 Å². The highest BCUT2D eigenvalue weighted by atomic mass is 16.6. The van der Waals surface area contributed by atoms with Crippen LogP contribution in [0, 0.1) is 11.8 Å². The number of likely N-dealkylation sites (tertiary alicyclic amines) is 1. The van der Waals surface area contributed by atoms with Crippen molar-refractivity contribution in [3.05, 3.63) is 36.4 Å². The van der Waals surface area contributed by atoms with E-state index < -0.39 is 36.0 Å². The maximum atomic E-state index is 13.3. The SMILES string of the molecule is CC(=O)OC1C=CC(OC(C)=O)C2C(=O)N(CCCN3CCN(c4ccccc4OC(C)C)CC3)C(=O)C12. The number of amides is 2. The number of rotatable bonds is 9. The summed E-state index contributed by atoms with van der Waals surface area (Å²) in [6, 6.07) is 8.08. The van der Waals surface area contributed by atoms with Gasteiger partial charge in [0, 0.05) is 46.6 Å². The number of nitrogens with zero attached hydrogens (tertiary/aromatic N) is 3. The molecule has 4 unspecified atom stereocenters. The maximum Gasteiger partial charge on any atom is 0.303 e. The van der Waals surface area contributed by atoms with Crippen LogP contribution >= 0.6 is 0 Å². The zero-order chi connectivity index (χ0) is 27.4. The van der Waals surface area contributed by atoms with Crippen molar-refractivity contribution in [1.29, 1.82) is 0 Å². The number of carbonyl (C=O) groups is 4. The molecule has 206 valence electrons. The first-order valence-electron chi connectivity index (χ1n) is 13.3. The van der Waals surface area contributed by atoms with Crippen LogP contribution in [0.4, 0.5) is 5.69 Å². The number of hydrogen-bond donors (Lipinski definition) is 0. The van der Waals surface area contributed by atoms with Crippen molar-refractivity contribution >= 4 is 29.4 Å². The van der Waals surface area contributed by atoms with Gasteiger partial charge in [0.2, 0.25) is 11.8 Å². The normalized spacial score (nSPS) is 25.5. The first kappa shape index (κ1) is 27.6. The van der Waals surface area contributed by atoms with Gasteiger partial charge in [-0.15, -0.1) is 0 Å². The molecule has 4 rings (SSSR count). The number of carbonyl (C=O) groups excluding carboxylic acids is 4. The number of hydrogen-bond acceptors (Lipinski definition) is 9.